The number of aryl methyl sites for hydroxylation is 1. The molecule has 3 rings (SSSR count). The molecule has 6 heteroatoms. The normalized spacial score (nSPS) is 19.3. The summed E-state index contributed by atoms with van der Waals surface area (Å²) in [4.78, 5) is 25.8. The number of carbonyl (C=O) groups excluding carboxylic acids is 2. The number of rotatable bonds is 5. The van der Waals surface area contributed by atoms with Crippen LogP contribution >= 0.6 is 11.6 Å². The molecule has 142 valence electrons. The van der Waals surface area contributed by atoms with E-state index in [1.807, 2.05) is 43.3 Å². The molecule has 0 aliphatic carbocycles. The Labute approximate surface area is 164 Å². The fraction of sp³-hybridized carbons (Fsp3) is 0.333. The van der Waals surface area contributed by atoms with Crippen LogP contribution in [0.1, 0.15) is 28.8 Å². The van der Waals surface area contributed by atoms with Crippen molar-refractivity contribution in [2.75, 3.05) is 25.0 Å². The summed E-state index contributed by atoms with van der Waals surface area (Å²) in [6, 6.07) is 15.0. The summed E-state index contributed by atoms with van der Waals surface area (Å²) in [5.41, 5.74) is 2.42. The van der Waals surface area contributed by atoms with Gasteiger partial charge < -0.3 is 15.5 Å². The van der Waals surface area contributed by atoms with E-state index in [-0.39, 0.29) is 17.9 Å². The summed E-state index contributed by atoms with van der Waals surface area (Å²) in [7, 11) is 0. The highest BCUT2D eigenvalue weighted by atomic mass is 35.5. The van der Waals surface area contributed by atoms with Gasteiger partial charge in [0.25, 0.3) is 11.8 Å². The van der Waals surface area contributed by atoms with Gasteiger partial charge >= 0.3 is 0 Å². The van der Waals surface area contributed by atoms with Gasteiger partial charge in [-0.05, 0) is 31.2 Å². The Morgan fingerprint density at radius 3 is 2.56 bits per heavy atom. The van der Waals surface area contributed by atoms with Crippen LogP contribution in [0, 0.1) is 6.92 Å². The molecule has 1 saturated heterocycles. The lowest BCUT2D eigenvalue weighted by Crippen LogP contribution is -3.14. The van der Waals surface area contributed by atoms with Gasteiger partial charge in [0.05, 0.1) is 23.8 Å². The summed E-state index contributed by atoms with van der Waals surface area (Å²) in [5.74, 6) is -0.0658. The molecule has 27 heavy (non-hydrogen) atoms. The number of amides is 2. The van der Waals surface area contributed by atoms with Crippen molar-refractivity contribution >= 4 is 29.1 Å². The second kappa shape index (κ2) is 9.02. The number of piperidine rings is 1. The first-order valence-corrected chi connectivity index (χ1v) is 9.64. The maximum atomic E-state index is 12.4. The number of hydrogen-bond acceptors (Lipinski definition) is 2. The van der Waals surface area contributed by atoms with E-state index in [0.29, 0.717) is 22.8 Å². The third kappa shape index (κ3) is 5.55. The molecule has 0 unspecified atom stereocenters. The van der Waals surface area contributed by atoms with Crippen molar-refractivity contribution in [1.82, 2.24) is 5.32 Å². The van der Waals surface area contributed by atoms with Crippen LogP contribution in [0.25, 0.3) is 0 Å². The number of carbonyl (C=O) groups is 2. The number of nitrogens with one attached hydrogen (secondary N) is 3. The molecular weight excluding hydrogens is 362 g/mol. The van der Waals surface area contributed by atoms with Crippen molar-refractivity contribution in [2.24, 2.45) is 0 Å². The summed E-state index contributed by atoms with van der Waals surface area (Å²) in [5, 5.41) is 6.52. The molecule has 0 saturated carbocycles. The molecule has 1 heterocycles. The van der Waals surface area contributed by atoms with Crippen LogP contribution in [-0.2, 0) is 4.79 Å². The third-order valence-corrected chi connectivity index (χ3v) is 5.20. The van der Waals surface area contributed by atoms with Gasteiger partial charge in [-0.2, -0.15) is 0 Å². The second-order valence-electron chi connectivity index (χ2n) is 7.07. The molecule has 2 amide bonds. The van der Waals surface area contributed by atoms with E-state index in [1.54, 1.807) is 12.1 Å². The van der Waals surface area contributed by atoms with E-state index in [1.165, 1.54) is 4.90 Å². The van der Waals surface area contributed by atoms with Crippen molar-refractivity contribution in [1.29, 1.82) is 0 Å². The summed E-state index contributed by atoms with van der Waals surface area (Å²) in [6.45, 7) is 4.10. The monoisotopic (exact) mass is 386 g/mol. The van der Waals surface area contributed by atoms with E-state index in [2.05, 4.69) is 10.6 Å². The molecule has 1 fully saturated rings. The zero-order valence-corrected chi connectivity index (χ0v) is 16.2. The first-order valence-electron chi connectivity index (χ1n) is 9.27. The molecular formula is C21H25ClN3O2+. The quantitative estimate of drug-likeness (QED) is 0.736. The Bertz CT molecular complexity index is 817. The van der Waals surface area contributed by atoms with Crippen molar-refractivity contribution < 1.29 is 14.5 Å². The highest BCUT2D eigenvalue weighted by molar-refractivity contribution is 6.33. The minimum Gasteiger partial charge on any atom is -0.349 e. The molecule has 3 N–H and O–H groups in total. The lowest BCUT2D eigenvalue weighted by molar-refractivity contribution is -0.897. The third-order valence-electron chi connectivity index (χ3n) is 4.87. The maximum Gasteiger partial charge on any atom is 0.279 e. The van der Waals surface area contributed by atoms with Gasteiger partial charge in [0.1, 0.15) is 0 Å². The molecule has 2 aromatic carbocycles. The summed E-state index contributed by atoms with van der Waals surface area (Å²) < 4.78 is 0. The van der Waals surface area contributed by atoms with Gasteiger partial charge in [-0.15, -0.1) is 0 Å². The Balaban J connectivity index is 1.44. The van der Waals surface area contributed by atoms with E-state index in [4.69, 9.17) is 11.6 Å². The standard InChI is InChI=1S/C21H24ClN3O2/c1-15-5-4-6-16(13-15)21(27)23-17-9-11-25(12-10-17)14-20(26)24-19-8-3-2-7-18(19)22/h2-8,13,17H,9-12,14H2,1H3,(H,23,27)(H,24,26)/p+1. The number of anilines is 1. The Morgan fingerprint density at radius 1 is 1.11 bits per heavy atom. The molecule has 0 atom stereocenters. The molecule has 5 nitrogen and oxygen atoms in total. The SMILES string of the molecule is Cc1cccc(C(=O)NC2CC[NH+](CC(=O)Nc3ccccc3Cl)CC2)c1. The Kier molecular flexibility index (Phi) is 6.48. The molecule has 0 aromatic heterocycles. The zero-order valence-electron chi connectivity index (χ0n) is 15.4. The van der Waals surface area contributed by atoms with Gasteiger partial charge in [-0.3, -0.25) is 9.59 Å². The molecule has 0 radical (unpaired) electrons. The maximum absolute atomic E-state index is 12.4. The number of benzene rings is 2. The average molecular weight is 387 g/mol. The fourth-order valence-electron chi connectivity index (χ4n) is 3.39. The zero-order chi connectivity index (χ0) is 19.2. The molecule has 1 aliphatic heterocycles. The lowest BCUT2D eigenvalue weighted by atomic mass is 10.0. The second-order valence-corrected chi connectivity index (χ2v) is 7.48. The van der Waals surface area contributed by atoms with Crippen LogP contribution in [0.3, 0.4) is 0 Å². The average Bonchev–Trinajstić information content (AvgIpc) is 2.65. The minimum atomic E-state index is -0.0413. The van der Waals surface area contributed by atoms with E-state index in [9.17, 15) is 9.59 Å². The van der Waals surface area contributed by atoms with Crippen molar-refractivity contribution in [2.45, 2.75) is 25.8 Å². The molecule has 2 aromatic rings. The van der Waals surface area contributed by atoms with Crippen molar-refractivity contribution in [3.05, 3.63) is 64.7 Å². The van der Waals surface area contributed by atoms with Crippen LogP contribution in [-0.4, -0.2) is 37.5 Å². The number of hydrogen-bond donors (Lipinski definition) is 3. The van der Waals surface area contributed by atoms with Crippen molar-refractivity contribution in [3.63, 3.8) is 0 Å². The van der Waals surface area contributed by atoms with Crippen LogP contribution in [0.4, 0.5) is 5.69 Å². The smallest absolute Gasteiger partial charge is 0.279 e. The van der Waals surface area contributed by atoms with Crippen LogP contribution in [0.2, 0.25) is 5.02 Å². The lowest BCUT2D eigenvalue weighted by Gasteiger charge is -2.29. The summed E-state index contributed by atoms with van der Waals surface area (Å²) >= 11 is 6.08. The topological polar surface area (TPSA) is 62.6 Å². The first-order chi connectivity index (χ1) is 13.0. The fourth-order valence-corrected chi connectivity index (χ4v) is 3.57. The van der Waals surface area contributed by atoms with Gasteiger partial charge in [0, 0.05) is 24.4 Å². The number of halogens is 1. The number of para-hydroxylation sites is 1. The minimum absolute atomic E-state index is 0.0244. The van der Waals surface area contributed by atoms with Crippen molar-refractivity contribution in [3.8, 4) is 0 Å². The van der Waals surface area contributed by atoms with Crippen LogP contribution in [0.15, 0.2) is 48.5 Å². The van der Waals surface area contributed by atoms with Gasteiger partial charge in [-0.25, -0.2) is 0 Å². The first kappa shape index (κ1) is 19.4. The highest BCUT2D eigenvalue weighted by Gasteiger charge is 2.25. The predicted octanol–water partition coefficient (Wildman–Crippen LogP) is 2.06. The van der Waals surface area contributed by atoms with E-state index >= 15 is 0 Å². The number of likely N-dealkylation sites (tertiary alicyclic amines) is 1. The van der Waals surface area contributed by atoms with E-state index < -0.39 is 0 Å². The van der Waals surface area contributed by atoms with E-state index in [0.717, 1.165) is 31.5 Å². The van der Waals surface area contributed by atoms with Gasteiger partial charge in [-0.1, -0.05) is 41.4 Å². The number of quaternary nitrogens is 1. The highest BCUT2D eigenvalue weighted by Crippen LogP contribution is 2.19. The van der Waals surface area contributed by atoms with Gasteiger partial charge in [0.2, 0.25) is 0 Å². The molecule has 1 aliphatic rings. The Hall–Kier alpha value is -2.37. The molecule has 0 bridgehead atoms. The van der Waals surface area contributed by atoms with Gasteiger partial charge in [0.15, 0.2) is 6.54 Å². The molecule has 0 spiro atoms. The predicted molar refractivity (Wildman–Crippen MR) is 107 cm³/mol. The Morgan fingerprint density at radius 2 is 1.85 bits per heavy atom. The largest absolute Gasteiger partial charge is 0.349 e. The van der Waals surface area contributed by atoms with Crippen LogP contribution < -0.4 is 15.5 Å². The van der Waals surface area contributed by atoms with Crippen LogP contribution in [0.5, 0.6) is 0 Å². The summed E-state index contributed by atoms with van der Waals surface area (Å²) in [6.07, 6.45) is 1.73.